The fourth-order valence-electron chi connectivity index (χ4n) is 2.05. The zero-order valence-electron chi connectivity index (χ0n) is 9.49. The number of anilines is 1. The van der Waals surface area contributed by atoms with Gasteiger partial charge in [0.2, 0.25) is 0 Å². The molecule has 2 atom stereocenters. The van der Waals surface area contributed by atoms with Crippen LogP contribution in [0.5, 0.6) is 0 Å². The molecule has 82 valence electrons. The second-order valence-electron chi connectivity index (χ2n) is 4.28. The summed E-state index contributed by atoms with van der Waals surface area (Å²) in [7, 11) is 0. The smallest absolute Gasteiger partial charge is 0.0377 e. The first-order valence-electron chi connectivity index (χ1n) is 5.71. The third kappa shape index (κ3) is 2.69. The first-order valence-corrected chi connectivity index (χ1v) is 6.76. The van der Waals surface area contributed by atoms with Gasteiger partial charge in [-0.1, -0.05) is 25.1 Å². The number of benzene rings is 1. The van der Waals surface area contributed by atoms with Crippen LogP contribution < -0.4 is 5.32 Å². The minimum Gasteiger partial charge on any atom is -0.381 e. The van der Waals surface area contributed by atoms with Crippen LogP contribution in [0.25, 0.3) is 0 Å². The van der Waals surface area contributed by atoms with Gasteiger partial charge in [0.25, 0.3) is 0 Å². The van der Waals surface area contributed by atoms with Gasteiger partial charge >= 0.3 is 0 Å². The second-order valence-corrected chi connectivity index (χ2v) is 5.77. The third-order valence-corrected chi connectivity index (χ3v) is 4.47. The SMILES string of the molecule is Cc1ccccc1NC1CCCSC1C. The van der Waals surface area contributed by atoms with E-state index >= 15 is 0 Å². The molecule has 1 nitrogen and oxygen atoms in total. The molecule has 0 aliphatic carbocycles. The fourth-order valence-corrected chi connectivity index (χ4v) is 3.19. The number of aryl methyl sites for hydroxylation is 1. The van der Waals surface area contributed by atoms with Gasteiger partial charge in [0.15, 0.2) is 0 Å². The molecule has 1 aliphatic heterocycles. The lowest BCUT2D eigenvalue weighted by Crippen LogP contribution is -2.32. The Kier molecular flexibility index (Phi) is 3.57. The molecule has 0 radical (unpaired) electrons. The summed E-state index contributed by atoms with van der Waals surface area (Å²) in [6, 6.07) is 9.20. The Balaban J connectivity index is 2.04. The van der Waals surface area contributed by atoms with Gasteiger partial charge in [-0.25, -0.2) is 0 Å². The molecular weight excluding hydrogens is 202 g/mol. The van der Waals surface area contributed by atoms with Crippen LogP contribution in [0.1, 0.15) is 25.3 Å². The van der Waals surface area contributed by atoms with Crippen LogP contribution in [0.4, 0.5) is 5.69 Å². The van der Waals surface area contributed by atoms with Crippen molar-refractivity contribution in [2.45, 2.75) is 38.0 Å². The molecule has 0 bridgehead atoms. The highest BCUT2D eigenvalue weighted by molar-refractivity contribution is 8.00. The molecule has 0 amide bonds. The fraction of sp³-hybridized carbons (Fsp3) is 0.538. The lowest BCUT2D eigenvalue weighted by molar-refractivity contribution is 0.617. The molecule has 1 aliphatic rings. The van der Waals surface area contributed by atoms with Gasteiger partial charge in [0.05, 0.1) is 0 Å². The predicted octanol–water partition coefficient (Wildman–Crippen LogP) is 3.69. The number of thioether (sulfide) groups is 1. The van der Waals surface area contributed by atoms with E-state index in [4.69, 9.17) is 0 Å². The van der Waals surface area contributed by atoms with E-state index in [1.807, 2.05) is 0 Å². The molecule has 2 rings (SSSR count). The third-order valence-electron chi connectivity index (χ3n) is 3.09. The summed E-state index contributed by atoms with van der Waals surface area (Å²) < 4.78 is 0. The van der Waals surface area contributed by atoms with Crippen LogP contribution in [0.3, 0.4) is 0 Å². The quantitative estimate of drug-likeness (QED) is 0.817. The molecule has 0 aromatic heterocycles. The normalized spacial score (nSPS) is 26.3. The molecule has 2 unspecified atom stereocenters. The Morgan fingerprint density at radius 3 is 2.87 bits per heavy atom. The minimum atomic E-state index is 0.643. The summed E-state index contributed by atoms with van der Waals surface area (Å²) in [6.45, 7) is 4.50. The monoisotopic (exact) mass is 221 g/mol. The summed E-state index contributed by atoms with van der Waals surface area (Å²) in [4.78, 5) is 0. The van der Waals surface area contributed by atoms with Crippen LogP contribution in [0.2, 0.25) is 0 Å². The standard InChI is InChI=1S/C13H19NS/c1-10-6-3-4-7-12(10)14-13-8-5-9-15-11(13)2/h3-4,6-7,11,13-14H,5,8-9H2,1-2H3. The molecular formula is C13H19NS. The molecule has 1 N–H and O–H groups in total. The summed E-state index contributed by atoms with van der Waals surface area (Å²) in [5.74, 6) is 1.33. The summed E-state index contributed by atoms with van der Waals surface area (Å²) >= 11 is 2.09. The predicted molar refractivity (Wildman–Crippen MR) is 69.7 cm³/mol. The number of nitrogens with one attached hydrogen (secondary N) is 1. The summed E-state index contributed by atoms with van der Waals surface area (Å²) in [5.41, 5.74) is 2.65. The van der Waals surface area contributed by atoms with E-state index in [-0.39, 0.29) is 0 Å². The van der Waals surface area contributed by atoms with Crippen molar-refractivity contribution in [3.8, 4) is 0 Å². The summed E-state index contributed by atoms with van der Waals surface area (Å²) in [5, 5.41) is 4.41. The van der Waals surface area contributed by atoms with Crippen LogP contribution in [-0.4, -0.2) is 17.0 Å². The highest BCUT2D eigenvalue weighted by Gasteiger charge is 2.21. The van der Waals surface area contributed by atoms with E-state index in [2.05, 4.69) is 55.2 Å². The lowest BCUT2D eigenvalue weighted by Gasteiger charge is -2.30. The van der Waals surface area contributed by atoms with Crippen molar-refractivity contribution < 1.29 is 0 Å². The summed E-state index contributed by atoms with van der Waals surface area (Å²) in [6.07, 6.45) is 2.65. The maximum absolute atomic E-state index is 3.68. The molecule has 1 heterocycles. The van der Waals surface area contributed by atoms with Crippen molar-refractivity contribution >= 4 is 17.4 Å². The van der Waals surface area contributed by atoms with Gasteiger partial charge in [0.1, 0.15) is 0 Å². The average Bonchev–Trinajstić information content (AvgIpc) is 2.24. The highest BCUT2D eigenvalue weighted by atomic mass is 32.2. The molecule has 1 aromatic carbocycles. The van der Waals surface area contributed by atoms with Crippen molar-refractivity contribution in [2.24, 2.45) is 0 Å². The average molecular weight is 221 g/mol. The van der Waals surface area contributed by atoms with E-state index in [0.717, 1.165) is 5.25 Å². The number of para-hydroxylation sites is 1. The molecule has 15 heavy (non-hydrogen) atoms. The number of hydrogen-bond acceptors (Lipinski definition) is 2. The Labute approximate surface area is 96.7 Å². The van der Waals surface area contributed by atoms with E-state index in [0.29, 0.717) is 6.04 Å². The van der Waals surface area contributed by atoms with Gasteiger partial charge in [-0.2, -0.15) is 11.8 Å². The van der Waals surface area contributed by atoms with E-state index in [1.165, 1.54) is 29.8 Å². The Morgan fingerprint density at radius 2 is 2.13 bits per heavy atom. The Bertz CT molecular complexity index is 324. The molecule has 1 fully saturated rings. The van der Waals surface area contributed by atoms with Gasteiger partial charge in [-0.3, -0.25) is 0 Å². The maximum atomic E-state index is 3.68. The zero-order chi connectivity index (χ0) is 10.7. The largest absolute Gasteiger partial charge is 0.381 e. The van der Waals surface area contributed by atoms with Gasteiger partial charge < -0.3 is 5.32 Å². The Morgan fingerprint density at radius 1 is 1.33 bits per heavy atom. The van der Waals surface area contributed by atoms with Crippen LogP contribution >= 0.6 is 11.8 Å². The second kappa shape index (κ2) is 4.93. The van der Waals surface area contributed by atoms with Crippen molar-refractivity contribution in [3.05, 3.63) is 29.8 Å². The molecule has 0 saturated carbocycles. The topological polar surface area (TPSA) is 12.0 Å². The molecule has 1 saturated heterocycles. The van der Waals surface area contributed by atoms with Crippen LogP contribution in [0, 0.1) is 6.92 Å². The number of rotatable bonds is 2. The van der Waals surface area contributed by atoms with E-state index < -0.39 is 0 Å². The maximum Gasteiger partial charge on any atom is 0.0377 e. The zero-order valence-corrected chi connectivity index (χ0v) is 10.3. The van der Waals surface area contributed by atoms with E-state index in [9.17, 15) is 0 Å². The van der Waals surface area contributed by atoms with Gasteiger partial charge in [-0.15, -0.1) is 0 Å². The first kappa shape index (κ1) is 10.9. The van der Waals surface area contributed by atoms with Crippen molar-refractivity contribution in [1.82, 2.24) is 0 Å². The van der Waals surface area contributed by atoms with Crippen molar-refractivity contribution in [1.29, 1.82) is 0 Å². The molecule has 0 spiro atoms. The van der Waals surface area contributed by atoms with Crippen molar-refractivity contribution in [3.63, 3.8) is 0 Å². The van der Waals surface area contributed by atoms with Crippen LogP contribution in [0.15, 0.2) is 24.3 Å². The Hall–Kier alpha value is -0.630. The van der Waals surface area contributed by atoms with Crippen molar-refractivity contribution in [2.75, 3.05) is 11.1 Å². The van der Waals surface area contributed by atoms with Gasteiger partial charge in [0, 0.05) is 17.0 Å². The lowest BCUT2D eigenvalue weighted by atomic mass is 10.1. The minimum absolute atomic E-state index is 0.643. The number of hydrogen-bond donors (Lipinski definition) is 1. The first-order chi connectivity index (χ1) is 7.27. The van der Waals surface area contributed by atoms with E-state index in [1.54, 1.807) is 0 Å². The molecule has 1 aromatic rings. The molecule has 2 heteroatoms. The highest BCUT2D eigenvalue weighted by Crippen LogP contribution is 2.28. The van der Waals surface area contributed by atoms with Gasteiger partial charge in [-0.05, 0) is 37.1 Å². The van der Waals surface area contributed by atoms with Crippen LogP contribution in [-0.2, 0) is 0 Å².